The highest BCUT2D eigenvalue weighted by Crippen LogP contribution is 2.03. The second kappa shape index (κ2) is 4.59. The maximum Gasteiger partial charge on any atom is 0.244 e. The van der Waals surface area contributed by atoms with Gasteiger partial charge in [-0.1, -0.05) is 6.92 Å². The second-order valence-corrected chi connectivity index (χ2v) is 3.05. The normalized spacial score (nSPS) is 12.4. The lowest BCUT2D eigenvalue weighted by molar-refractivity contribution is -0.124. The van der Waals surface area contributed by atoms with Crippen molar-refractivity contribution in [2.24, 2.45) is 0 Å². The van der Waals surface area contributed by atoms with Gasteiger partial charge in [-0.15, -0.1) is 5.10 Å². The summed E-state index contributed by atoms with van der Waals surface area (Å²) in [6, 6.07) is -0.369. The number of amides is 1. The van der Waals surface area contributed by atoms with E-state index in [2.05, 4.69) is 15.4 Å². The first-order valence-corrected chi connectivity index (χ1v) is 4.59. The number of nitrogens with one attached hydrogen (secondary N) is 1. The molecular weight excluding hydrogens is 182 g/mol. The van der Waals surface area contributed by atoms with Crippen molar-refractivity contribution in [1.29, 1.82) is 0 Å². The molecule has 0 saturated carbocycles. The van der Waals surface area contributed by atoms with Crippen LogP contribution < -0.4 is 11.1 Å². The number of anilines is 1. The zero-order valence-corrected chi connectivity index (χ0v) is 8.40. The fraction of sp³-hybridized carbons (Fsp3) is 0.625. The molecule has 14 heavy (non-hydrogen) atoms. The second-order valence-electron chi connectivity index (χ2n) is 3.05. The molecule has 1 aromatic rings. The van der Waals surface area contributed by atoms with Gasteiger partial charge in [0.05, 0.1) is 0 Å². The molecule has 1 heterocycles. The lowest BCUT2D eigenvalue weighted by atomic mass is 10.3. The molecule has 1 atom stereocenters. The summed E-state index contributed by atoms with van der Waals surface area (Å²) < 4.78 is 1.44. The molecule has 78 valence electrons. The van der Waals surface area contributed by atoms with Gasteiger partial charge in [-0.25, -0.2) is 9.67 Å². The first kappa shape index (κ1) is 10.5. The number of rotatable bonds is 4. The van der Waals surface area contributed by atoms with Crippen LogP contribution in [-0.2, 0) is 4.79 Å². The predicted molar refractivity (Wildman–Crippen MR) is 52.4 cm³/mol. The standard InChI is InChI=1S/C8H15N5O/c1-3-4-10-7(14)6(2)13-5-11-8(9)12-13/h5-6H,3-4H2,1-2H3,(H2,9,12)(H,10,14). The average molecular weight is 197 g/mol. The lowest BCUT2D eigenvalue weighted by Gasteiger charge is -2.10. The van der Waals surface area contributed by atoms with Crippen LogP contribution >= 0.6 is 0 Å². The van der Waals surface area contributed by atoms with Crippen LogP contribution in [0.5, 0.6) is 0 Å². The molecule has 0 aliphatic rings. The van der Waals surface area contributed by atoms with Gasteiger partial charge in [0.2, 0.25) is 11.9 Å². The number of nitrogens with two attached hydrogens (primary N) is 1. The fourth-order valence-electron chi connectivity index (χ4n) is 0.991. The molecule has 1 amide bonds. The van der Waals surface area contributed by atoms with Crippen molar-refractivity contribution in [2.75, 3.05) is 12.3 Å². The first-order valence-electron chi connectivity index (χ1n) is 4.59. The van der Waals surface area contributed by atoms with Gasteiger partial charge in [0, 0.05) is 6.54 Å². The summed E-state index contributed by atoms with van der Waals surface area (Å²) in [5, 5.41) is 6.63. The largest absolute Gasteiger partial charge is 0.367 e. The van der Waals surface area contributed by atoms with E-state index in [0.29, 0.717) is 6.54 Å². The van der Waals surface area contributed by atoms with Gasteiger partial charge in [0.15, 0.2) is 0 Å². The number of hydrogen-bond donors (Lipinski definition) is 2. The Balaban J connectivity index is 2.56. The summed E-state index contributed by atoms with van der Waals surface area (Å²) in [6.45, 7) is 4.42. The monoisotopic (exact) mass is 197 g/mol. The summed E-state index contributed by atoms with van der Waals surface area (Å²) in [4.78, 5) is 15.2. The van der Waals surface area contributed by atoms with Crippen LogP contribution in [0.1, 0.15) is 26.3 Å². The molecule has 0 spiro atoms. The SMILES string of the molecule is CCCNC(=O)C(C)n1cnc(N)n1. The van der Waals surface area contributed by atoms with E-state index in [1.54, 1.807) is 6.92 Å². The van der Waals surface area contributed by atoms with Crippen LogP contribution in [0.25, 0.3) is 0 Å². The van der Waals surface area contributed by atoms with E-state index in [4.69, 9.17) is 5.73 Å². The van der Waals surface area contributed by atoms with E-state index in [0.717, 1.165) is 6.42 Å². The molecule has 0 bridgehead atoms. The van der Waals surface area contributed by atoms with Crippen LogP contribution in [0.2, 0.25) is 0 Å². The number of nitrogens with zero attached hydrogens (tertiary/aromatic N) is 3. The number of nitrogen functional groups attached to an aromatic ring is 1. The van der Waals surface area contributed by atoms with Crippen molar-refractivity contribution in [3.63, 3.8) is 0 Å². The van der Waals surface area contributed by atoms with Crippen LogP contribution in [0.4, 0.5) is 5.95 Å². The number of aromatic nitrogens is 3. The lowest BCUT2D eigenvalue weighted by Crippen LogP contribution is -2.31. The quantitative estimate of drug-likeness (QED) is 0.708. The molecule has 0 aliphatic heterocycles. The van der Waals surface area contributed by atoms with Crippen molar-refractivity contribution in [2.45, 2.75) is 26.3 Å². The molecule has 0 aliphatic carbocycles. The Morgan fingerprint density at radius 3 is 3.00 bits per heavy atom. The molecule has 1 unspecified atom stereocenters. The summed E-state index contributed by atoms with van der Waals surface area (Å²) in [5.41, 5.74) is 5.34. The molecule has 3 N–H and O–H groups in total. The minimum Gasteiger partial charge on any atom is -0.367 e. The van der Waals surface area contributed by atoms with E-state index in [-0.39, 0.29) is 17.9 Å². The molecule has 0 aromatic carbocycles. The van der Waals surface area contributed by atoms with Crippen LogP contribution in [0.15, 0.2) is 6.33 Å². The minimum atomic E-state index is -0.369. The van der Waals surface area contributed by atoms with E-state index in [9.17, 15) is 4.79 Å². The molecule has 6 heteroatoms. The summed E-state index contributed by atoms with van der Waals surface area (Å²) in [7, 11) is 0. The average Bonchev–Trinajstić information content (AvgIpc) is 2.60. The van der Waals surface area contributed by atoms with Gasteiger partial charge in [-0.3, -0.25) is 4.79 Å². The number of carbonyl (C=O) groups is 1. The molecule has 0 radical (unpaired) electrons. The van der Waals surface area contributed by atoms with Crippen LogP contribution in [-0.4, -0.2) is 27.2 Å². The van der Waals surface area contributed by atoms with Gasteiger partial charge >= 0.3 is 0 Å². The number of carbonyl (C=O) groups excluding carboxylic acids is 1. The summed E-state index contributed by atoms with van der Waals surface area (Å²) >= 11 is 0. The molecule has 0 saturated heterocycles. The third kappa shape index (κ3) is 2.45. The van der Waals surface area contributed by atoms with Crippen LogP contribution in [0.3, 0.4) is 0 Å². The predicted octanol–water partition coefficient (Wildman–Crippen LogP) is -0.0525. The van der Waals surface area contributed by atoms with Crippen molar-refractivity contribution in [3.05, 3.63) is 6.33 Å². The summed E-state index contributed by atoms with van der Waals surface area (Å²) in [6.07, 6.45) is 2.36. The van der Waals surface area contributed by atoms with Crippen LogP contribution in [0, 0.1) is 0 Å². The van der Waals surface area contributed by atoms with Gasteiger partial charge in [-0.2, -0.15) is 0 Å². The Kier molecular flexibility index (Phi) is 3.44. The van der Waals surface area contributed by atoms with Crippen molar-refractivity contribution >= 4 is 11.9 Å². The first-order chi connectivity index (χ1) is 6.65. The third-order valence-electron chi connectivity index (χ3n) is 1.85. The highest BCUT2D eigenvalue weighted by Gasteiger charge is 2.14. The Bertz CT molecular complexity index is 308. The van der Waals surface area contributed by atoms with Gasteiger partial charge in [0.1, 0.15) is 12.4 Å². The van der Waals surface area contributed by atoms with Crippen molar-refractivity contribution < 1.29 is 4.79 Å². The van der Waals surface area contributed by atoms with E-state index in [1.165, 1.54) is 11.0 Å². The Labute approximate surface area is 82.5 Å². The molecule has 0 fully saturated rings. The Hall–Kier alpha value is -1.59. The Morgan fingerprint density at radius 1 is 1.79 bits per heavy atom. The molecule has 1 rings (SSSR count). The smallest absolute Gasteiger partial charge is 0.244 e. The van der Waals surface area contributed by atoms with Gasteiger partial charge in [0.25, 0.3) is 0 Å². The third-order valence-corrected chi connectivity index (χ3v) is 1.85. The highest BCUT2D eigenvalue weighted by molar-refractivity contribution is 5.79. The number of hydrogen-bond acceptors (Lipinski definition) is 4. The summed E-state index contributed by atoms with van der Waals surface area (Å²) in [5.74, 6) is 0.108. The van der Waals surface area contributed by atoms with E-state index in [1.807, 2.05) is 6.92 Å². The molecule has 1 aromatic heterocycles. The molecular formula is C8H15N5O. The molecule has 6 nitrogen and oxygen atoms in total. The highest BCUT2D eigenvalue weighted by atomic mass is 16.2. The topological polar surface area (TPSA) is 85.8 Å². The van der Waals surface area contributed by atoms with E-state index >= 15 is 0 Å². The van der Waals surface area contributed by atoms with Crippen molar-refractivity contribution in [1.82, 2.24) is 20.1 Å². The minimum absolute atomic E-state index is 0.0725. The fourth-order valence-corrected chi connectivity index (χ4v) is 0.991. The maximum atomic E-state index is 11.5. The zero-order chi connectivity index (χ0) is 10.6. The van der Waals surface area contributed by atoms with Gasteiger partial charge < -0.3 is 11.1 Å². The van der Waals surface area contributed by atoms with E-state index < -0.39 is 0 Å². The maximum absolute atomic E-state index is 11.5. The zero-order valence-electron chi connectivity index (χ0n) is 8.40. The Morgan fingerprint density at radius 2 is 2.50 bits per heavy atom. The van der Waals surface area contributed by atoms with Crippen molar-refractivity contribution in [3.8, 4) is 0 Å². The van der Waals surface area contributed by atoms with Gasteiger partial charge in [-0.05, 0) is 13.3 Å².